The van der Waals surface area contributed by atoms with Gasteiger partial charge in [-0.3, -0.25) is 4.40 Å². The van der Waals surface area contributed by atoms with E-state index in [1.165, 1.54) is 0 Å². The molecule has 2 aromatic carbocycles. The highest BCUT2D eigenvalue weighted by molar-refractivity contribution is 7.89. The maximum Gasteiger partial charge on any atom is 0.306 e. The van der Waals surface area contributed by atoms with Crippen LogP contribution in [-0.2, 0) is 10.0 Å². The Hall–Kier alpha value is -4.22. The predicted octanol–water partition coefficient (Wildman–Crippen LogP) is 4.15. The molecule has 10 nitrogen and oxygen atoms in total. The molecule has 190 valence electrons. The van der Waals surface area contributed by atoms with E-state index in [1.54, 1.807) is 56.1 Å². The number of aromatic nitrogens is 4. The molecular formula is C26H26N6O4S. The van der Waals surface area contributed by atoms with Gasteiger partial charge >= 0.3 is 5.84 Å². The molecule has 5 aromatic rings. The standard InChI is InChI=1S/C26H26N6O4S/c1-18-7-9-21(10-8-18)37(33,34)29-13-4-12-27-25-28-14-11-22(30-25)24-23(31-26-32(24)15-16-36-26)19-5-3-6-20(17-19)35-2/h3,5-11,14-17,29H,4,12-13H2,1-2H3,(H,27,28,30). The van der Waals surface area contributed by atoms with Gasteiger partial charge < -0.3 is 14.5 Å². The third kappa shape index (κ3) is 5.32. The lowest BCUT2D eigenvalue weighted by molar-refractivity contribution is 0.415. The Morgan fingerprint density at radius 3 is 2.70 bits per heavy atom. The van der Waals surface area contributed by atoms with Gasteiger partial charge in [0.05, 0.1) is 17.7 Å². The number of anilines is 1. The van der Waals surface area contributed by atoms with Crippen LogP contribution in [0.15, 0.2) is 82.6 Å². The fourth-order valence-corrected chi connectivity index (χ4v) is 4.95. The summed E-state index contributed by atoms with van der Waals surface area (Å²) in [6.07, 6.45) is 5.57. The van der Waals surface area contributed by atoms with Crippen LogP contribution in [0.1, 0.15) is 12.0 Å². The Labute approximate surface area is 214 Å². The van der Waals surface area contributed by atoms with Crippen molar-refractivity contribution >= 4 is 21.8 Å². The van der Waals surface area contributed by atoms with Gasteiger partial charge in [-0.15, -0.1) is 0 Å². The summed E-state index contributed by atoms with van der Waals surface area (Å²) in [5.41, 5.74) is 3.98. The number of aryl methyl sites for hydroxylation is 1. The number of nitrogens with one attached hydrogen (secondary N) is 2. The number of hydrogen-bond acceptors (Lipinski definition) is 8. The number of benzene rings is 2. The first-order valence-electron chi connectivity index (χ1n) is 11.7. The second-order valence-corrected chi connectivity index (χ2v) is 10.1. The van der Waals surface area contributed by atoms with Crippen LogP contribution in [-0.4, -0.2) is 48.0 Å². The van der Waals surface area contributed by atoms with Gasteiger partial charge in [0, 0.05) is 31.0 Å². The van der Waals surface area contributed by atoms with Crippen LogP contribution in [0.3, 0.4) is 0 Å². The summed E-state index contributed by atoms with van der Waals surface area (Å²) in [7, 11) is -1.93. The maximum absolute atomic E-state index is 12.4. The Balaban J connectivity index is 1.29. The molecule has 0 bridgehead atoms. The van der Waals surface area contributed by atoms with Crippen LogP contribution in [0.25, 0.3) is 28.5 Å². The van der Waals surface area contributed by atoms with Crippen LogP contribution in [0.5, 0.6) is 5.75 Å². The van der Waals surface area contributed by atoms with Crippen molar-refractivity contribution in [3.05, 3.63) is 78.8 Å². The molecular weight excluding hydrogens is 492 g/mol. The van der Waals surface area contributed by atoms with E-state index in [0.717, 1.165) is 22.6 Å². The van der Waals surface area contributed by atoms with E-state index in [2.05, 4.69) is 25.0 Å². The summed E-state index contributed by atoms with van der Waals surface area (Å²) in [6, 6.07) is 16.2. The zero-order valence-electron chi connectivity index (χ0n) is 20.4. The SMILES string of the molecule is COc1cccc(-c2nc3occn3c2-c2ccnc(NCCCNS(=O)(=O)c3ccc(C)cc3)n2)c1. The minimum Gasteiger partial charge on any atom is -0.497 e. The largest absolute Gasteiger partial charge is 0.497 e. The van der Waals surface area contributed by atoms with Gasteiger partial charge in [-0.1, -0.05) is 29.8 Å². The number of oxazole rings is 1. The lowest BCUT2D eigenvalue weighted by Crippen LogP contribution is -2.26. The predicted molar refractivity (Wildman–Crippen MR) is 140 cm³/mol. The fourth-order valence-electron chi connectivity index (χ4n) is 3.87. The molecule has 0 aliphatic carbocycles. The molecule has 0 amide bonds. The van der Waals surface area contributed by atoms with E-state index in [1.807, 2.05) is 35.6 Å². The normalized spacial score (nSPS) is 11.6. The zero-order chi connectivity index (χ0) is 25.8. The quantitative estimate of drug-likeness (QED) is 0.264. The van der Waals surface area contributed by atoms with Crippen LogP contribution in [0, 0.1) is 6.92 Å². The lowest BCUT2D eigenvalue weighted by atomic mass is 10.1. The zero-order valence-corrected chi connectivity index (χ0v) is 21.2. The highest BCUT2D eigenvalue weighted by Crippen LogP contribution is 2.33. The molecule has 3 aromatic heterocycles. The van der Waals surface area contributed by atoms with E-state index in [-0.39, 0.29) is 11.4 Å². The van der Waals surface area contributed by atoms with E-state index in [9.17, 15) is 8.42 Å². The maximum atomic E-state index is 12.4. The topological polar surface area (TPSA) is 124 Å². The number of sulfonamides is 1. The third-order valence-corrected chi connectivity index (χ3v) is 7.24. The molecule has 0 unspecified atom stereocenters. The van der Waals surface area contributed by atoms with E-state index in [0.29, 0.717) is 36.1 Å². The lowest BCUT2D eigenvalue weighted by Gasteiger charge is -2.09. The molecule has 2 N–H and O–H groups in total. The summed E-state index contributed by atoms with van der Waals surface area (Å²) in [5.74, 6) is 1.59. The number of nitrogens with zero attached hydrogens (tertiary/aromatic N) is 4. The number of rotatable bonds is 10. The summed E-state index contributed by atoms with van der Waals surface area (Å²) in [6.45, 7) is 2.67. The highest BCUT2D eigenvalue weighted by Gasteiger charge is 2.20. The van der Waals surface area contributed by atoms with Gasteiger partial charge in [0.15, 0.2) is 0 Å². The van der Waals surface area contributed by atoms with Crippen molar-refractivity contribution in [1.29, 1.82) is 0 Å². The van der Waals surface area contributed by atoms with Gasteiger partial charge in [-0.2, -0.15) is 4.98 Å². The molecule has 3 heterocycles. The van der Waals surface area contributed by atoms with Gasteiger partial charge in [0.1, 0.15) is 23.4 Å². The highest BCUT2D eigenvalue weighted by atomic mass is 32.2. The van der Waals surface area contributed by atoms with Crippen molar-refractivity contribution < 1.29 is 17.6 Å². The fraction of sp³-hybridized carbons (Fsp3) is 0.192. The van der Waals surface area contributed by atoms with Crippen molar-refractivity contribution in [2.24, 2.45) is 0 Å². The number of imidazole rings is 1. The first-order valence-corrected chi connectivity index (χ1v) is 13.2. The molecule has 5 rings (SSSR count). The first-order chi connectivity index (χ1) is 17.9. The van der Waals surface area contributed by atoms with Crippen molar-refractivity contribution in [2.75, 3.05) is 25.5 Å². The van der Waals surface area contributed by atoms with Gasteiger partial charge in [-0.05, 0) is 43.7 Å². The van der Waals surface area contributed by atoms with Crippen molar-refractivity contribution in [2.45, 2.75) is 18.2 Å². The van der Waals surface area contributed by atoms with Crippen molar-refractivity contribution in [3.63, 3.8) is 0 Å². The summed E-state index contributed by atoms with van der Waals surface area (Å²) in [4.78, 5) is 13.9. The van der Waals surface area contributed by atoms with E-state index in [4.69, 9.17) is 9.15 Å². The summed E-state index contributed by atoms with van der Waals surface area (Å²) in [5, 5.41) is 3.17. The summed E-state index contributed by atoms with van der Waals surface area (Å²) >= 11 is 0. The molecule has 0 saturated carbocycles. The molecule has 0 fully saturated rings. The Morgan fingerprint density at radius 2 is 1.89 bits per heavy atom. The minimum absolute atomic E-state index is 0.250. The molecule has 0 saturated heterocycles. The van der Waals surface area contributed by atoms with E-state index < -0.39 is 10.0 Å². The Bertz CT molecular complexity index is 1630. The Kier molecular flexibility index (Phi) is 6.89. The average Bonchev–Trinajstić information content (AvgIpc) is 3.50. The summed E-state index contributed by atoms with van der Waals surface area (Å²) < 4.78 is 40.3. The monoisotopic (exact) mass is 518 g/mol. The second-order valence-electron chi connectivity index (χ2n) is 8.35. The molecule has 37 heavy (non-hydrogen) atoms. The number of hydrogen-bond donors (Lipinski definition) is 2. The molecule has 11 heteroatoms. The number of ether oxygens (including phenoxy) is 1. The molecule has 0 aliphatic heterocycles. The molecule has 0 aliphatic rings. The second kappa shape index (κ2) is 10.4. The van der Waals surface area contributed by atoms with Crippen LogP contribution < -0.4 is 14.8 Å². The smallest absolute Gasteiger partial charge is 0.306 e. The van der Waals surface area contributed by atoms with Gasteiger partial charge in [0.25, 0.3) is 0 Å². The van der Waals surface area contributed by atoms with Crippen LogP contribution >= 0.6 is 0 Å². The number of methoxy groups -OCH3 is 1. The third-order valence-electron chi connectivity index (χ3n) is 5.76. The van der Waals surface area contributed by atoms with Crippen molar-refractivity contribution in [3.8, 4) is 28.4 Å². The molecule has 0 spiro atoms. The van der Waals surface area contributed by atoms with Gasteiger partial charge in [-0.25, -0.2) is 23.1 Å². The van der Waals surface area contributed by atoms with Gasteiger partial charge in [0.2, 0.25) is 16.0 Å². The average molecular weight is 519 g/mol. The van der Waals surface area contributed by atoms with Crippen LogP contribution in [0.4, 0.5) is 5.95 Å². The number of fused-ring (bicyclic) bond motifs is 1. The molecule has 0 atom stereocenters. The Morgan fingerprint density at radius 1 is 1.05 bits per heavy atom. The van der Waals surface area contributed by atoms with E-state index >= 15 is 0 Å². The van der Waals surface area contributed by atoms with Crippen LogP contribution in [0.2, 0.25) is 0 Å². The minimum atomic E-state index is -3.55. The first kappa shape index (κ1) is 24.5. The van der Waals surface area contributed by atoms with Crippen molar-refractivity contribution in [1.82, 2.24) is 24.1 Å². The molecule has 0 radical (unpaired) electrons.